The molecule has 6 nitrogen and oxygen atoms in total. The maximum atomic E-state index is 11.9. The number of hydrogen-bond acceptors (Lipinski definition) is 5. The van der Waals surface area contributed by atoms with Crippen molar-refractivity contribution in [2.24, 2.45) is 0 Å². The summed E-state index contributed by atoms with van der Waals surface area (Å²) in [4.78, 5) is 22.8. The number of anilines is 1. The molecule has 0 bridgehead atoms. The summed E-state index contributed by atoms with van der Waals surface area (Å²) in [5.41, 5.74) is 1.78. The van der Waals surface area contributed by atoms with Gasteiger partial charge in [0, 0.05) is 25.4 Å². The molecular weight excluding hydrogens is 304 g/mol. The molecule has 0 atom stereocenters. The quantitative estimate of drug-likeness (QED) is 0.847. The Hall–Kier alpha value is -2.73. The second-order valence-corrected chi connectivity index (χ2v) is 5.41. The summed E-state index contributed by atoms with van der Waals surface area (Å²) in [6.07, 6.45) is 5.03. The second kappa shape index (κ2) is 8.21. The van der Waals surface area contributed by atoms with Crippen molar-refractivity contribution >= 4 is 17.9 Å². The first-order valence-corrected chi connectivity index (χ1v) is 7.97. The van der Waals surface area contributed by atoms with Crippen LogP contribution in [0.3, 0.4) is 0 Å². The van der Waals surface area contributed by atoms with Gasteiger partial charge in [0.15, 0.2) is 0 Å². The molecule has 0 radical (unpaired) electrons. The number of hydrogen-bond donors (Lipinski definition) is 1. The van der Waals surface area contributed by atoms with E-state index in [1.54, 1.807) is 12.3 Å². The lowest BCUT2D eigenvalue weighted by molar-refractivity contribution is -0.116. The van der Waals surface area contributed by atoms with Gasteiger partial charge in [0.05, 0.1) is 25.5 Å². The van der Waals surface area contributed by atoms with E-state index >= 15 is 0 Å². The van der Waals surface area contributed by atoms with Crippen molar-refractivity contribution in [3.63, 3.8) is 0 Å². The Kier molecular flexibility index (Phi) is 5.52. The lowest BCUT2D eigenvalue weighted by Crippen LogP contribution is -2.37. The smallest absolute Gasteiger partial charge is 0.244 e. The van der Waals surface area contributed by atoms with Crippen LogP contribution in [-0.2, 0) is 16.1 Å². The van der Waals surface area contributed by atoms with Crippen LogP contribution in [-0.4, -0.2) is 42.2 Å². The highest BCUT2D eigenvalue weighted by Crippen LogP contribution is 2.09. The van der Waals surface area contributed by atoms with Gasteiger partial charge >= 0.3 is 0 Å². The van der Waals surface area contributed by atoms with Gasteiger partial charge in [-0.2, -0.15) is 0 Å². The number of carbonyl (C=O) groups is 1. The van der Waals surface area contributed by atoms with Crippen molar-refractivity contribution in [2.45, 2.75) is 6.54 Å². The Labute approximate surface area is 141 Å². The molecule has 1 amide bonds. The van der Waals surface area contributed by atoms with Crippen LogP contribution in [0.15, 0.2) is 48.7 Å². The number of morpholine rings is 1. The first kappa shape index (κ1) is 16.1. The number of aromatic nitrogens is 2. The fourth-order valence-electron chi connectivity index (χ4n) is 2.37. The molecule has 6 heteroatoms. The Morgan fingerprint density at radius 2 is 2.00 bits per heavy atom. The van der Waals surface area contributed by atoms with Crippen LogP contribution >= 0.6 is 0 Å². The monoisotopic (exact) mass is 324 g/mol. The topological polar surface area (TPSA) is 67.4 Å². The summed E-state index contributed by atoms with van der Waals surface area (Å²) < 4.78 is 5.33. The normalized spacial score (nSPS) is 14.8. The van der Waals surface area contributed by atoms with E-state index in [2.05, 4.69) is 20.2 Å². The lowest BCUT2D eigenvalue weighted by atomic mass is 10.2. The maximum absolute atomic E-state index is 11.9. The van der Waals surface area contributed by atoms with Crippen LogP contribution < -0.4 is 10.2 Å². The average molecular weight is 324 g/mol. The second-order valence-electron chi connectivity index (χ2n) is 5.41. The zero-order chi connectivity index (χ0) is 16.6. The molecule has 1 aromatic heterocycles. The lowest BCUT2D eigenvalue weighted by Gasteiger charge is -2.26. The van der Waals surface area contributed by atoms with Crippen LogP contribution in [0.5, 0.6) is 0 Å². The van der Waals surface area contributed by atoms with Gasteiger partial charge < -0.3 is 15.0 Å². The van der Waals surface area contributed by atoms with Gasteiger partial charge in [-0.1, -0.05) is 30.3 Å². The minimum absolute atomic E-state index is 0.148. The van der Waals surface area contributed by atoms with E-state index in [0.717, 1.165) is 24.3 Å². The Morgan fingerprint density at radius 1 is 1.21 bits per heavy atom. The van der Waals surface area contributed by atoms with Gasteiger partial charge in [-0.15, -0.1) is 0 Å². The molecule has 1 aliphatic rings. The van der Waals surface area contributed by atoms with E-state index in [9.17, 15) is 4.79 Å². The SMILES string of the molecule is O=C(/C=C/c1ccccc1)NCc1ccnc(N2CCOCC2)n1. The molecule has 1 aliphatic heterocycles. The fourth-order valence-corrected chi connectivity index (χ4v) is 2.37. The zero-order valence-corrected chi connectivity index (χ0v) is 13.4. The fraction of sp³-hybridized carbons (Fsp3) is 0.278. The standard InChI is InChI=1S/C18H20N4O2/c23-17(7-6-15-4-2-1-3-5-15)20-14-16-8-9-19-18(21-16)22-10-12-24-13-11-22/h1-9H,10-14H2,(H,20,23)/b7-6+. The number of nitrogens with zero attached hydrogens (tertiary/aromatic N) is 3. The van der Waals surface area contributed by atoms with E-state index in [-0.39, 0.29) is 5.91 Å². The Bertz CT molecular complexity index is 697. The van der Waals surface area contributed by atoms with Gasteiger partial charge in [-0.3, -0.25) is 4.79 Å². The van der Waals surface area contributed by atoms with E-state index < -0.39 is 0 Å². The van der Waals surface area contributed by atoms with Gasteiger partial charge in [0.25, 0.3) is 0 Å². The molecule has 0 unspecified atom stereocenters. The number of benzene rings is 1. The molecule has 24 heavy (non-hydrogen) atoms. The molecule has 0 spiro atoms. The summed E-state index contributed by atoms with van der Waals surface area (Å²) in [6, 6.07) is 11.5. The highest BCUT2D eigenvalue weighted by atomic mass is 16.5. The Morgan fingerprint density at radius 3 is 2.79 bits per heavy atom. The molecule has 0 saturated carbocycles. The average Bonchev–Trinajstić information content (AvgIpc) is 2.66. The first-order valence-electron chi connectivity index (χ1n) is 7.97. The highest BCUT2D eigenvalue weighted by Gasteiger charge is 2.13. The number of ether oxygens (including phenoxy) is 1. The summed E-state index contributed by atoms with van der Waals surface area (Å²) >= 11 is 0. The predicted octanol–water partition coefficient (Wildman–Crippen LogP) is 1.64. The summed E-state index contributed by atoms with van der Waals surface area (Å²) in [5.74, 6) is 0.537. The number of nitrogens with one attached hydrogen (secondary N) is 1. The van der Waals surface area contributed by atoms with Crippen LogP contribution in [0.2, 0.25) is 0 Å². The van der Waals surface area contributed by atoms with Crippen molar-refractivity contribution in [2.75, 3.05) is 31.2 Å². The third-order valence-electron chi connectivity index (χ3n) is 3.66. The van der Waals surface area contributed by atoms with E-state index in [0.29, 0.717) is 25.7 Å². The largest absolute Gasteiger partial charge is 0.378 e. The van der Waals surface area contributed by atoms with Gasteiger partial charge in [-0.05, 0) is 17.7 Å². The number of amides is 1. The first-order chi connectivity index (χ1) is 11.8. The van der Waals surface area contributed by atoms with Crippen molar-refractivity contribution in [1.82, 2.24) is 15.3 Å². The third kappa shape index (κ3) is 4.63. The predicted molar refractivity (Wildman–Crippen MR) is 92.4 cm³/mol. The summed E-state index contributed by atoms with van der Waals surface area (Å²) in [6.45, 7) is 3.33. The molecule has 2 aromatic rings. The van der Waals surface area contributed by atoms with Crippen molar-refractivity contribution < 1.29 is 9.53 Å². The molecule has 1 aromatic carbocycles. The van der Waals surface area contributed by atoms with Crippen molar-refractivity contribution in [3.8, 4) is 0 Å². The van der Waals surface area contributed by atoms with E-state index in [1.165, 1.54) is 6.08 Å². The van der Waals surface area contributed by atoms with Gasteiger partial charge in [0.1, 0.15) is 0 Å². The van der Waals surface area contributed by atoms with Crippen LogP contribution in [0.4, 0.5) is 5.95 Å². The van der Waals surface area contributed by atoms with Crippen LogP contribution in [0.25, 0.3) is 6.08 Å². The zero-order valence-electron chi connectivity index (χ0n) is 13.4. The molecule has 124 valence electrons. The minimum atomic E-state index is -0.148. The third-order valence-corrected chi connectivity index (χ3v) is 3.66. The van der Waals surface area contributed by atoms with E-state index in [4.69, 9.17) is 4.74 Å². The molecule has 1 N–H and O–H groups in total. The van der Waals surface area contributed by atoms with Crippen molar-refractivity contribution in [3.05, 3.63) is 59.9 Å². The minimum Gasteiger partial charge on any atom is -0.378 e. The highest BCUT2D eigenvalue weighted by molar-refractivity contribution is 5.91. The summed E-state index contributed by atoms with van der Waals surface area (Å²) in [7, 11) is 0. The molecule has 1 fully saturated rings. The molecule has 3 rings (SSSR count). The van der Waals surface area contributed by atoms with Gasteiger partial charge in [0.2, 0.25) is 11.9 Å². The van der Waals surface area contributed by atoms with Crippen molar-refractivity contribution in [1.29, 1.82) is 0 Å². The van der Waals surface area contributed by atoms with Crippen LogP contribution in [0.1, 0.15) is 11.3 Å². The maximum Gasteiger partial charge on any atom is 0.244 e. The van der Waals surface area contributed by atoms with Crippen LogP contribution in [0, 0.1) is 0 Å². The molecule has 1 saturated heterocycles. The summed E-state index contributed by atoms with van der Waals surface area (Å²) in [5, 5.41) is 2.84. The Balaban J connectivity index is 1.54. The molecule has 0 aliphatic carbocycles. The van der Waals surface area contributed by atoms with Gasteiger partial charge in [-0.25, -0.2) is 9.97 Å². The molecule has 2 heterocycles. The van der Waals surface area contributed by atoms with E-state index in [1.807, 2.05) is 36.4 Å². The molecular formula is C18H20N4O2. The number of carbonyl (C=O) groups excluding carboxylic acids is 1. The number of rotatable bonds is 5.